The number of anilines is 1. The lowest BCUT2D eigenvalue weighted by Gasteiger charge is -2.48. The summed E-state index contributed by atoms with van der Waals surface area (Å²) in [5.41, 5.74) is -0.300. The molecule has 2 fully saturated rings. The molecule has 1 spiro atoms. The maximum absolute atomic E-state index is 17.4. The zero-order valence-electron chi connectivity index (χ0n) is 27.7. The molecule has 2 amide bonds. The van der Waals surface area contributed by atoms with E-state index in [4.69, 9.17) is 21.1 Å². The Balaban J connectivity index is 1.34. The molecule has 0 aromatic heterocycles. The van der Waals surface area contributed by atoms with Gasteiger partial charge in [0.05, 0.1) is 31.1 Å². The lowest BCUT2D eigenvalue weighted by atomic mass is 9.67. The molecule has 2 aromatic rings. The minimum atomic E-state index is -4.11. The minimum absolute atomic E-state index is 0.0815. The van der Waals surface area contributed by atoms with Gasteiger partial charge in [0, 0.05) is 49.3 Å². The minimum Gasteiger partial charge on any atom is -0.490 e. The van der Waals surface area contributed by atoms with E-state index in [9.17, 15) is 18.0 Å². The van der Waals surface area contributed by atoms with Crippen LogP contribution in [0.5, 0.6) is 5.75 Å². The molecular formula is C36H45ClFN3O6S. The number of rotatable bonds is 2. The number of sulfonamides is 1. The molecule has 0 radical (unpaired) electrons. The smallest absolute Gasteiger partial charge is 0.276 e. The van der Waals surface area contributed by atoms with Gasteiger partial charge in [0.25, 0.3) is 5.91 Å². The van der Waals surface area contributed by atoms with Gasteiger partial charge >= 0.3 is 0 Å². The number of aryl methyl sites for hydroxylation is 1. The third kappa shape index (κ3) is 6.42. The number of nitrogens with zero attached hydrogens (tertiary/aromatic N) is 2. The highest BCUT2D eigenvalue weighted by Gasteiger charge is 2.48. The Morgan fingerprint density at radius 2 is 1.96 bits per heavy atom. The van der Waals surface area contributed by atoms with Gasteiger partial charge in [-0.25, -0.2) is 12.8 Å². The molecule has 7 rings (SSSR count). The number of carbonyl (C=O) groups excluding carboxylic acids is 2. The van der Waals surface area contributed by atoms with Crippen LogP contribution >= 0.6 is 11.6 Å². The number of nitrogens with one attached hydrogen (secondary N) is 1. The van der Waals surface area contributed by atoms with E-state index in [0.717, 1.165) is 57.6 Å². The Morgan fingerprint density at radius 3 is 2.73 bits per heavy atom. The van der Waals surface area contributed by atoms with Gasteiger partial charge in [0.15, 0.2) is 0 Å². The van der Waals surface area contributed by atoms with Crippen LogP contribution in [0, 0.1) is 17.8 Å². The summed E-state index contributed by atoms with van der Waals surface area (Å²) in [5, 5.41) is 0.702. The third-order valence-corrected chi connectivity index (χ3v) is 12.4. The fourth-order valence-corrected chi connectivity index (χ4v) is 9.52. The van der Waals surface area contributed by atoms with E-state index in [0.29, 0.717) is 67.1 Å². The first-order valence-corrected chi connectivity index (χ1v) is 19.5. The summed E-state index contributed by atoms with van der Waals surface area (Å²) in [6.07, 6.45) is 7.68. The molecule has 2 aliphatic carbocycles. The predicted octanol–water partition coefficient (Wildman–Crippen LogP) is 5.13. The predicted molar refractivity (Wildman–Crippen MR) is 182 cm³/mol. The van der Waals surface area contributed by atoms with E-state index < -0.39 is 33.9 Å². The normalized spacial score (nSPS) is 32.3. The number of halogens is 2. The SMILES string of the molecule is CN1CC[C@H]2CCO[C@@H](C2)[C@@H]2CC[C@H]2CN2C[C@@]3(CCCc4cc(Cl)ccc43)COc3ccc(cc32)[C@](F)(C(=O)NS(C)(=O)=O)CC1=O. The quantitative estimate of drug-likeness (QED) is 0.463. The van der Waals surface area contributed by atoms with Gasteiger partial charge in [-0.1, -0.05) is 23.7 Å². The van der Waals surface area contributed by atoms with Gasteiger partial charge in [0.1, 0.15) is 5.75 Å². The van der Waals surface area contributed by atoms with Crippen LogP contribution in [0.15, 0.2) is 36.4 Å². The lowest BCUT2D eigenvalue weighted by molar-refractivity contribution is -0.142. The molecule has 2 aromatic carbocycles. The summed E-state index contributed by atoms with van der Waals surface area (Å²) in [6.45, 7) is 2.84. The van der Waals surface area contributed by atoms with Crippen molar-refractivity contribution in [3.63, 3.8) is 0 Å². The van der Waals surface area contributed by atoms with Crippen molar-refractivity contribution >= 4 is 39.1 Å². The first kappa shape index (κ1) is 33.6. The van der Waals surface area contributed by atoms with E-state index in [2.05, 4.69) is 11.0 Å². The summed E-state index contributed by atoms with van der Waals surface area (Å²) < 4.78 is 56.5. The molecule has 1 N–H and O–H groups in total. The van der Waals surface area contributed by atoms with E-state index in [1.54, 1.807) is 19.2 Å². The number of amides is 2. The van der Waals surface area contributed by atoms with Crippen molar-refractivity contribution in [1.29, 1.82) is 0 Å². The Labute approximate surface area is 287 Å². The van der Waals surface area contributed by atoms with Gasteiger partial charge in [0.2, 0.25) is 21.6 Å². The number of fused-ring (bicyclic) bond motifs is 7. The summed E-state index contributed by atoms with van der Waals surface area (Å²) in [7, 11) is -2.50. The van der Waals surface area contributed by atoms with Crippen molar-refractivity contribution in [2.75, 3.05) is 51.1 Å². The van der Waals surface area contributed by atoms with Gasteiger partial charge in [-0.3, -0.25) is 14.3 Å². The average molecular weight is 702 g/mol. The second-order valence-electron chi connectivity index (χ2n) is 14.9. The second kappa shape index (κ2) is 12.8. The Bertz CT molecular complexity index is 1710. The number of hydrogen-bond acceptors (Lipinski definition) is 7. The number of hydrogen-bond donors (Lipinski definition) is 1. The Kier molecular flexibility index (Phi) is 8.94. The van der Waals surface area contributed by atoms with Crippen molar-refractivity contribution in [2.24, 2.45) is 17.8 Å². The molecule has 48 heavy (non-hydrogen) atoms. The molecule has 4 bridgehead atoms. The molecule has 1 saturated carbocycles. The van der Waals surface area contributed by atoms with Crippen LogP contribution in [-0.4, -0.2) is 77.4 Å². The van der Waals surface area contributed by atoms with Gasteiger partial charge in [-0.2, -0.15) is 0 Å². The van der Waals surface area contributed by atoms with Crippen LogP contribution in [-0.2, 0) is 41.9 Å². The molecule has 12 heteroatoms. The highest BCUT2D eigenvalue weighted by atomic mass is 35.5. The second-order valence-corrected chi connectivity index (χ2v) is 17.1. The lowest BCUT2D eigenvalue weighted by Crippen LogP contribution is -2.50. The zero-order valence-corrected chi connectivity index (χ0v) is 29.3. The molecular weight excluding hydrogens is 657 g/mol. The first-order valence-electron chi connectivity index (χ1n) is 17.2. The summed E-state index contributed by atoms with van der Waals surface area (Å²) in [4.78, 5) is 30.8. The van der Waals surface area contributed by atoms with Gasteiger partial charge in [-0.15, -0.1) is 0 Å². The molecule has 0 unspecified atom stereocenters. The molecule has 3 heterocycles. The van der Waals surface area contributed by atoms with Gasteiger partial charge < -0.3 is 19.3 Å². The molecule has 1 saturated heterocycles. The zero-order chi connectivity index (χ0) is 33.8. The topological polar surface area (TPSA) is 105 Å². The fraction of sp³-hybridized carbons (Fsp3) is 0.611. The molecule has 6 atom stereocenters. The number of benzene rings is 2. The van der Waals surface area contributed by atoms with Crippen molar-refractivity contribution < 1.29 is 31.9 Å². The Morgan fingerprint density at radius 1 is 1.12 bits per heavy atom. The van der Waals surface area contributed by atoms with Crippen LogP contribution in [0.2, 0.25) is 5.02 Å². The number of carbonyl (C=O) groups is 2. The van der Waals surface area contributed by atoms with E-state index in [1.165, 1.54) is 22.1 Å². The third-order valence-electron chi connectivity index (χ3n) is 11.7. The molecule has 3 aliphatic heterocycles. The van der Waals surface area contributed by atoms with Crippen LogP contribution in [0.4, 0.5) is 10.1 Å². The van der Waals surface area contributed by atoms with Crippen molar-refractivity contribution in [3.05, 3.63) is 58.1 Å². The van der Waals surface area contributed by atoms with Crippen molar-refractivity contribution in [2.45, 2.75) is 75.0 Å². The standard InChI is InChI=1S/C36H45ClFN3O6S/c1-40-14-11-23-12-15-46-32(16-23)28-8-5-25(28)20-41-21-35(13-3-4-24-17-27(37)7-9-29(24)35)22-47-31-10-6-26(18-30(31)41)36(38,19-33(40)42)34(43)39-48(2,44)45/h6-7,9-10,17-18,23,25,28,32H,3-5,8,11-16,19-22H2,1-2H3,(H,39,43)/t23-,25-,28+,32-,35-,36-/m0/s1. The first-order chi connectivity index (χ1) is 22.8. The van der Waals surface area contributed by atoms with Crippen LogP contribution in [0.1, 0.15) is 68.1 Å². The molecule has 5 aliphatic rings. The summed E-state index contributed by atoms with van der Waals surface area (Å²) in [6, 6.07) is 10.8. The average Bonchev–Trinajstić information content (AvgIpc) is 3.17. The van der Waals surface area contributed by atoms with Crippen LogP contribution in [0.25, 0.3) is 0 Å². The Hall–Kier alpha value is -2.89. The van der Waals surface area contributed by atoms with E-state index >= 15 is 4.39 Å². The van der Waals surface area contributed by atoms with Crippen molar-refractivity contribution in [1.82, 2.24) is 9.62 Å². The van der Waals surface area contributed by atoms with Crippen molar-refractivity contribution in [3.8, 4) is 5.75 Å². The van der Waals surface area contributed by atoms with Crippen LogP contribution < -0.4 is 14.4 Å². The monoisotopic (exact) mass is 701 g/mol. The summed E-state index contributed by atoms with van der Waals surface area (Å²) in [5.74, 6) is -0.265. The van der Waals surface area contributed by atoms with Gasteiger partial charge in [-0.05, 0) is 105 Å². The molecule has 260 valence electrons. The van der Waals surface area contributed by atoms with E-state index in [1.807, 2.05) is 16.9 Å². The highest BCUT2D eigenvalue weighted by Crippen LogP contribution is 2.49. The van der Waals surface area contributed by atoms with E-state index in [-0.39, 0.29) is 17.1 Å². The summed E-state index contributed by atoms with van der Waals surface area (Å²) >= 11 is 6.43. The maximum Gasteiger partial charge on any atom is 0.276 e. The van der Waals surface area contributed by atoms with Crippen LogP contribution in [0.3, 0.4) is 0 Å². The highest BCUT2D eigenvalue weighted by molar-refractivity contribution is 7.89. The molecule has 9 nitrogen and oxygen atoms in total. The fourth-order valence-electron chi connectivity index (χ4n) is 8.82. The number of ether oxygens (including phenoxy) is 2. The largest absolute Gasteiger partial charge is 0.490 e. The maximum atomic E-state index is 17.4. The number of alkyl halides is 1.